The molecule has 1 aromatic carbocycles. The van der Waals surface area contributed by atoms with Gasteiger partial charge in [-0.2, -0.15) is 5.26 Å². The largest absolute Gasteiger partial charge is 0.386 e. The lowest BCUT2D eigenvalue weighted by molar-refractivity contribution is -0.117. The SMILES string of the molecule is N#C/C(=C/NCc1ccc(S(N)(=O)=O)cc1)C(=O)NCCCl. The Bertz CT molecular complexity index is 693. The third-order valence-electron chi connectivity index (χ3n) is 2.55. The van der Waals surface area contributed by atoms with Gasteiger partial charge in [0.15, 0.2) is 0 Å². The first kappa shape index (κ1) is 18.0. The Morgan fingerprint density at radius 2 is 2.00 bits per heavy atom. The van der Waals surface area contributed by atoms with Gasteiger partial charge in [0.25, 0.3) is 5.91 Å². The smallest absolute Gasteiger partial charge is 0.263 e. The van der Waals surface area contributed by atoms with Crippen molar-refractivity contribution in [1.29, 1.82) is 5.26 Å². The molecule has 22 heavy (non-hydrogen) atoms. The summed E-state index contributed by atoms with van der Waals surface area (Å²) in [5, 5.41) is 19.2. The van der Waals surface area contributed by atoms with E-state index < -0.39 is 15.9 Å². The van der Waals surface area contributed by atoms with Crippen molar-refractivity contribution in [2.45, 2.75) is 11.4 Å². The fraction of sp³-hybridized carbons (Fsp3) is 0.231. The normalized spacial score (nSPS) is 11.6. The third-order valence-corrected chi connectivity index (χ3v) is 3.67. The van der Waals surface area contributed by atoms with Crippen LogP contribution in [0.25, 0.3) is 0 Å². The maximum absolute atomic E-state index is 11.5. The number of carbonyl (C=O) groups excluding carboxylic acids is 1. The summed E-state index contributed by atoms with van der Waals surface area (Å²) in [6.45, 7) is 0.591. The third kappa shape index (κ3) is 5.73. The molecule has 0 spiro atoms. The molecule has 0 aliphatic carbocycles. The van der Waals surface area contributed by atoms with Gasteiger partial charge < -0.3 is 10.6 Å². The lowest BCUT2D eigenvalue weighted by Gasteiger charge is -2.05. The topological polar surface area (TPSA) is 125 Å². The number of hydrogen-bond acceptors (Lipinski definition) is 5. The van der Waals surface area contributed by atoms with E-state index in [2.05, 4.69) is 10.6 Å². The number of nitriles is 1. The first-order valence-corrected chi connectivity index (χ1v) is 8.26. The van der Waals surface area contributed by atoms with Crippen LogP contribution in [0.15, 0.2) is 40.9 Å². The molecule has 7 nitrogen and oxygen atoms in total. The van der Waals surface area contributed by atoms with Gasteiger partial charge in [0, 0.05) is 25.2 Å². The molecule has 0 aliphatic rings. The Hall–Kier alpha value is -2.08. The van der Waals surface area contributed by atoms with Crippen LogP contribution < -0.4 is 15.8 Å². The van der Waals surface area contributed by atoms with E-state index in [0.29, 0.717) is 6.54 Å². The van der Waals surface area contributed by atoms with Crippen LogP contribution in [0.4, 0.5) is 0 Å². The van der Waals surface area contributed by atoms with Gasteiger partial charge in [-0.1, -0.05) is 12.1 Å². The van der Waals surface area contributed by atoms with Crippen LogP contribution >= 0.6 is 11.6 Å². The predicted octanol–water partition coefficient (Wildman–Crippen LogP) is 0.186. The lowest BCUT2D eigenvalue weighted by Crippen LogP contribution is -2.27. The second-order valence-electron chi connectivity index (χ2n) is 4.18. The van der Waals surface area contributed by atoms with E-state index in [9.17, 15) is 13.2 Å². The molecule has 4 N–H and O–H groups in total. The molecule has 0 bridgehead atoms. The highest BCUT2D eigenvalue weighted by atomic mass is 35.5. The van der Waals surface area contributed by atoms with Crippen LogP contribution in [-0.4, -0.2) is 26.7 Å². The molecule has 0 aromatic heterocycles. The first-order chi connectivity index (χ1) is 10.4. The van der Waals surface area contributed by atoms with Crippen molar-refractivity contribution in [1.82, 2.24) is 10.6 Å². The number of rotatable bonds is 7. The van der Waals surface area contributed by atoms with E-state index in [1.54, 1.807) is 18.2 Å². The van der Waals surface area contributed by atoms with Crippen molar-refractivity contribution in [3.8, 4) is 6.07 Å². The minimum atomic E-state index is -3.72. The number of halogens is 1. The van der Waals surface area contributed by atoms with Crippen LogP contribution in [0, 0.1) is 11.3 Å². The maximum Gasteiger partial charge on any atom is 0.263 e. The second kappa shape index (κ2) is 8.38. The van der Waals surface area contributed by atoms with Crippen LogP contribution in [0.1, 0.15) is 5.56 Å². The summed E-state index contributed by atoms with van der Waals surface area (Å²) in [4.78, 5) is 11.6. The number of hydrogen-bond donors (Lipinski definition) is 3. The Morgan fingerprint density at radius 1 is 1.36 bits per heavy atom. The number of carbonyl (C=O) groups is 1. The van der Waals surface area contributed by atoms with Crippen molar-refractivity contribution in [2.75, 3.05) is 12.4 Å². The van der Waals surface area contributed by atoms with Crippen molar-refractivity contribution >= 4 is 27.5 Å². The molecule has 1 rings (SSSR count). The fourth-order valence-corrected chi connectivity index (χ4v) is 2.08. The molecular weight excluding hydrogens is 328 g/mol. The highest BCUT2D eigenvalue weighted by Gasteiger charge is 2.08. The minimum absolute atomic E-state index is 0.0185. The molecule has 1 amide bonds. The highest BCUT2D eigenvalue weighted by Crippen LogP contribution is 2.08. The number of nitrogens with one attached hydrogen (secondary N) is 2. The zero-order chi connectivity index (χ0) is 16.6. The zero-order valence-electron chi connectivity index (χ0n) is 11.5. The van der Waals surface area contributed by atoms with Crippen molar-refractivity contribution < 1.29 is 13.2 Å². The molecule has 0 heterocycles. The van der Waals surface area contributed by atoms with E-state index in [0.717, 1.165) is 5.56 Å². The molecule has 0 saturated carbocycles. The fourth-order valence-electron chi connectivity index (χ4n) is 1.47. The average Bonchev–Trinajstić information content (AvgIpc) is 2.48. The molecule has 0 unspecified atom stereocenters. The summed E-state index contributed by atoms with van der Waals surface area (Å²) < 4.78 is 22.2. The number of alkyl halides is 1. The molecule has 0 atom stereocenters. The van der Waals surface area contributed by atoms with E-state index in [4.69, 9.17) is 22.0 Å². The first-order valence-electron chi connectivity index (χ1n) is 6.18. The number of nitrogens with two attached hydrogens (primary N) is 1. The average molecular weight is 343 g/mol. The van der Waals surface area contributed by atoms with E-state index in [1.165, 1.54) is 18.3 Å². The van der Waals surface area contributed by atoms with Crippen molar-refractivity contribution in [3.63, 3.8) is 0 Å². The second-order valence-corrected chi connectivity index (χ2v) is 6.12. The van der Waals surface area contributed by atoms with Gasteiger partial charge in [-0.05, 0) is 17.7 Å². The zero-order valence-corrected chi connectivity index (χ0v) is 13.1. The van der Waals surface area contributed by atoms with Gasteiger partial charge >= 0.3 is 0 Å². The molecule has 118 valence electrons. The Balaban J connectivity index is 2.64. The standard InChI is InChI=1S/C13H15ClN4O3S/c14-5-6-18-13(19)11(7-15)9-17-8-10-1-3-12(4-2-10)22(16,20)21/h1-4,9,17H,5-6,8H2,(H,18,19)(H2,16,20,21)/b11-9-. The number of amides is 1. The molecule has 0 saturated heterocycles. The summed E-state index contributed by atoms with van der Waals surface area (Å²) in [6, 6.07) is 7.71. The minimum Gasteiger partial charge on any atom is -0.386 e. The summed E-state index contributed by atoms with van der Waals surface area (Å²) in [7, 11) is -3.72. The molecule has 0 aliphatic heterocycles. The molecule has 9 heteroatoms. The number of benzene rings is 1. The summed E-state index contributed by atoms with van der Waals surface area (Å²) in [6.07, 6.45) is 1.29. The van der Waals surface area contributed by atoms with Gasteiger partial charge in [0.1, 0.15) is 11.6 Å². The monoisotopic (exact) mass is 342 g/mol. The molecule has 0 fully saturated rings. The summed E-state index contributed by atoms with van der Waals surface area (Å²) >= 11 is 5.44. The van der Waals surface area contributed by atoms with Crippen LogP contribution in [0.2, 0.25) is 0 Å². The lowest BCUT2D eigenvalue weighted by atomic mass is 10.2. The number of nitrogens with zero attached hydrogens (tertiary/aromatic N) is 1. The quantitative estimate of drug-likeness (QED) is 0.370. The molecule has 0 radical (unpaired) electrons. The summed E-state index contributed by atoms with van der Waals surface area (Å²) in [5.74, 6) is -0.255. The molecule has 1 aromatic rings. The van der Waals surface area contributed by atoms with Gasteiger partial charge in [-0.3, -0.25) is 4.79 Å². The maximum atomic E-state index is 11.5. The Morgan fingerprint density at radius 3 is 2.50 bits per heavy atom. The van der Waals surface area contributed by atoms with E-state index in [-0.39, 0.29) is 22.9 Å². The van der Waals surface area contributed by atoms with Gasteiger partial charge in [-0.15, -0.1) is 11.6 Å². The van der Waals surface area contributed by atoms with E-state index in [1.807, 2.05) is 0 Å². The van der Waals surface area contributed by atoms with Crippen LogP contribution in [0.3, 0.4) is 0 Å². The van der Waals surface area contributed by atoms with Crippen LogP contribution in [-0.2, 0) is 21.4 Å². The predicted molar refractivity (Wildman–Crippen MR) is 82.1 cm³/mol. The van der Waals surface area contributed by atoms with Crippen LogP contribution in [0.5, 0.6) is 0 Å². The number of primary sulfonamides is 1. The highest BCUT2D eigenvalue weighted by molar-refractivity contribution is 7.89. The van der Waals surface area contributed by atoms with Crippen molar-refractivity contribution in [2.24, 2.45) is 5.14 Å². The summed E-state index contributed by atoms with van der Waals surface area (Å²) in [5.41, 5.74) is 0.688. The Kier molecular flexibility index (Phi) is 6.85. The van der Waals surface area contributed by atoms with Crippen molar-refractivity contribution in [3.05, 3.63) is 41.6 Å². The van der Waals surface area contributed by atoms with E-state index >= 15 is 0 Å². The molecular formula is C13H15ClN4O3S. The van der Waals surface area contributed by atoms with Gasteiger partial charge in [0.05, 0.1) is 4.90 Å². The van der Waals surface area contributed by atoms with Gasteiger partial charge in [-0.25, -0.2) is 13.6 Å². The van der Waals surface area contributed by atoms with Gasteiger partial charge in [0.2, 0.25) is 10.0 Å². The number of sulfonamides is 1. The Labute approximate surface area is 133 Å².